The minimum Gasteiger partial charge on any atom is -0.472 e. The van der Waals surface area contributed by atoms with E-state index in [1.165, 1.54) is 19.8 Å². The molecule has 4 bridgehead atoms. The van der Waals surface area contributed by atoms with Gasteiger partial charge in [-0.25, -0.2) is 0 Å². The Balaban J connectivity index is 1.32. The van der Waals surface area contributed by atoms with Crippen molar-refractivity contribution in [3.8, 4) is 5.88 Å². The van der Waals surface area contributed by atoms with Gasteiger partial charge in [0.15, 0.2) is 0 Å². The number of amides is 2. The summed E-state index contributed by atoms with van der Waals surface area (Å²) >= 11 is 1.62. The largest absolute Gasteiger partial charge is 0.472 e. The zero-order chi connectivity index (χ0) is 24.1. The normalized spacial score (nSPS) is 32.7. The second-order valence-electron chi connectivity index (χ2n) is 11.7. The molecule has 5 fully saturated rings. The van der Waals surface area contributed by atoms with E-state index >= 15 is 0 Å². The summed E-state index contributed by atoms with van der Waals surface area (Å²) in [6.45, 7) is 5.45. The summed E-state index contributed by atoms with van der Waals surface area (Å²) < 4.78 is 11.6. The summed E-state index contributed by atoms with van der Waals surface area (Å²) in [5, 5.41) is 21.5. The minimum atomic E-state index is -0.580. The highest BCUT2D eigenvalue weighted by atomic mass is 32.2. The van der Waals surface area contributed by atoms with Gasteiger partial charge in [0.05, 0.1) is 11.1 Å². The van der Waals surface area contributed by atoms with Gasteiger partial charge in [0.25, 0.3) is 11.8 Å². The van der Waals surface area contributed by atoms with E-state index in [2.05, 4.69) is 15.8 Å². The monoisotopic (exact) mass is 491 g/mol. The summed E-state index contributed by atoms with van der Waals surface area (Å²) in [6.07, 6.45) is 9.20. The van der Waals surface area contributed by atoms with Crippen LogP contribution in [0.1, 0.15) is 89.1 Å². The first kappa shape index (κ1) is 24.0. The molecule has 3 N–H and O–H groups in total. The SMILES string of the molecule is CC(=O)NC(C)(C)COc1noc(C(=O)N[C@H]2C3CC4CC2C[C@](O)(C4)C3)c1SC1CCCC1. The van der Waals surface area contributed by atoms with Gasteiger partial charge in [-0.05, 0) is 81.7 Å². The van der Waals surface area contributed by atoms with E-state index in [0.717, 1.165) is 44.9 Å². The molecule has 1 aromatic rings. The maximum Gasteiger partial charge on any atom is 0.291 e. The molecular weight excluding hydrogens is 454 g/mol. The third kappa shape index (κ3) is 4.96. The number of ether oxygens (including phenoxy) is 1. The third-order valence-electron chi connectivity index (χ3n) is 8.04. The number of hydrogen-bond acceptors (Lipinski definition) is 7. The Bertz CT molecular complexity index is 925. The number of aliphatic hydroxyl groups is 1. The number of rotatable bonds is 8. The Labute approximate surface area is 205 Å². The number of aromatic nitrogens is 1. The standard InChI is InChI=1S/C25H37N3O5S/c1-14(29)27-24(2,3)13-32-23-21(34-18-6-4-5-7-18)20(33-28-23)22(30)26-19-16-8-15-9-17(19)12-25(31,10-15)11-16/h15-19,31H,4-13H2,1-3H3,(H,26,30)(H,27,29)/t15?,16?,17?,19-,25-. The average molecular weight is 492 g/mol. The zero-order valence-electron chi connectivity index (χ0n) is 20.4. The molecule has 0 aromatic carbocycles. The van der Waals surface area contributed by atoms with E-state index in [4.69, 9.17) is 9.26 Å². The Morgan fingerprint density at radius 2 is 1.88 bits per heavy atom. The fraction of sp³-hybridized carbons (Fsp3) is 0.800. The lowest BCUT2D eigenvalue weighted by Crippen LogP contribution is -2.61. The maximum atomic E-state index is 13.4. The van der Waals surface area contributed by atoms with Gasteiger partial charge in [-0.3, -0.25) is 9.59 Å². The van der Waals surface area contributed by atoms with Crippen LogP contribution in [0.15, 0.2) is 9.42 Å². The second-order valence-corrected chi connectivity index (χ2v) is 13.0. The molecule has 2 unspecified atom stereocenters. The Morgan fingerprint density at radius 1 is 1.21 bits per heavy atom. The van der Waals surface area contributed by atoms with Crippen LogP contribution in [0.3, 0.4) is 0 Å². The van der Waals surface area contributed by atoms with Crippen molar-refractivity contribution in [2.75, 3.05) is 6.61 Å². The molecule has 1 aromatic heterocycles. The highest BCUT2D eigenvalue weighted by Gasteiger charge is 2.55. The molecule has 0 aliphatic heterocycles. The lowest BCUT2D eigenvalue weighted by atomic mass is 9.52. The predicted molar refractivity (Wildman–Crippen MR) is 128 cm³/mol. The molecule has 0 radical (unpaired) electrons. The van der Waals surface area contributed by atoms with Crippen molar-refractivity contribution in [2.24, 2.45) is 17.8 Å². The van der Waals surface area contributed by atoms with Crippen molar-refractivity contribution in [3.05, 3.63) is 5.76 Å². The van der Waals surface area contributed by atoms with Crippen molar-refractivity contribution in [3.63, 3.8) is 0 Å². The molecule has 5 aliphatic carbocycles. The van der Waals surface area contributed by atoms with Crippen molar-refractivity contribution >= 4 is 23.6 Å². The van der Waals surface area contributed by atoms with Crippen LogP contribution in [0.4, 0.5) is 0 Å². The van der Waals surface area contributed by atoms with Gasteiger partial charge in [0.1, 0.15) is 11.5 Å². The molecule has 1 heterocycles. The first-order chi connectivity index (χ1) is 16.1. The molecule has 9 heteroatoms. The number of thioether (sulfide) groups is 1. The molecular formula is C25H37N3O5S. The van der Waals surface area contributed by atoms with Crippen LogP contribution in [0.5, 0.6) is 5.88 Å². The Kier molecular flexibility index (Phi) is 6.38. The molecule has 34 heavy (non-hydrogen) atoms. The van der Waals surface area contributed by atoms with E-state index in [1.807, 2.05) is 13.8 Å². The Hall–Kier alpha value is -1.74. The van der Waals surface area contributed by atoms with E-state index in [-0.39, 0.29) is 30.2 Å². The maximum absolute atomic E-state index is 13.4. The van der Waals surface area contributed by atoms with Crippen molar-refractivity contribution in [1.82, 2.24) is 15.8 Å². The molecule has 2 amide bonds. The van der Waals surface area contributed by atoms with Gasteiger partial charge >= 0.3 is 0 Å². The van der Waals surface area contributed by atoms with Gasteiger partial charge in [0, 0.05) is 18.2 Å². The van der Waals surface area contributed by atoms with E-state index < -0.39 is 11.1 Å². The van der Waals surface area contributed by atoms with Crippen molar-refractivity contribution in [2.45, 2.75) is 106 Å². The van der Waals surface area contributed by atoms with E-state index in [0.29, 0.717) is 33.8 Å². The summed E-state index contributed by atoms with van der Waals surface area (Å²) in [4.78, 5) is 25.6. The fourth-order valence-electron chi connectivity index (χ4n) is 6.98. The first-order valence-corrected chi connectivity index (χ1v) is 13.6. The molecule has 5 saturated carbocycles. The van der Waals surface area contributed by atoms with Crippen LogP contribution in [0.2, 0.25) is 0 Å². The quantitative estimate of drug-likeness (QED) is 0.508. The highest BCUT2D eigenvalue weighted by Crippen LogP contribution is 2.55. The zero-order valence-corrected chi connectivity index (χ0v) is 21.2. The molecule has 0 spiro atoms. The number of hydrogen-bond donors (Lipinski definition) is 3. The van der Waals surface area contributed by atoms with Crippen LogP contribution in [-0.4, -0.2) is 51.1 Å². The predicted octanol–water partition coefficient (Wildman–Crippen LogP) is 3.67. The van der Waals surface area contributed by atoms with Crippen molar-refractivity contribution < 1.29 is 24.0 Å². The van der Waals surface area contributed by atoms with Crippen LogP contribution in [0, 0.1) is 17.8 Å². The summed E-state index contributed by atoms with van der Waals surface area (Å²) in [6, 6.07) is 0.0711. The highest BCUT2D eigenvalue weighted by molar-refractivity contribution is 8.00. The second kappa shape index (κ2) is 9.04. The van der Waals surface area contributed by atoms with Gasteiger partial charge in [-0.1, -0.05) is 12.8 Å². The van der Waals surface area contributed by atoms with Gasteiger partial charge in [-0.2, -0.15) is 0 Å². The lowest BCUT2D eigenvalue weighted by molar-refractivity contribution is -0.137. The topological polar surface area (TPSA) is 114 Å². The van der Waals surface area contributed by atoms with E-state index in [1.54, 1.807) is 11.8 Å². The summed E-state index contributed by atoms with van der Waals surface area (Å²) in [7, 11) is 0. The summed E-state index contributed by atoms with van der Waals surface area (Å²) in [5.74, 6) is 1.40. The smallest absolute Gasteiger partial charge is 0.291 e. The Morgan fingerprint density at radius 3 is 2.50 bits per heavy atom. The van der Waals surface area contributed by atoms with Crippen molar-refractivity contribution in [1.29, 1.82) is 0 Å². The average Bonchev–Trinajstić information content (AvgIpc) is 3.37. The van der Waals surface area contributed by atoms with Crippen LogP contribution in [-0.2, 0) is 4.79 Å². The molecule has 188 valence electrons. The van der Waals surface area contributed by atoms with Crippen LogP contribution < -0.4 is 15.4 Å². The summed E-state index contributed by atoms with van der Waals surface area (Å²) in [5.41, 5.74) is -1.11. The number of nitrogens with zero attached hydrogens (tertiary/aromatic N) is 1. The molecule has 0 saturated heterocycles. The van der Waals surface area contributed by atoms with Crippen LogP contribution >= 0.6 is 11.8 Å². The molecule has 8 nitrogen and oxygen atoms in total. The van der Waals surface area contributed by atoms with Gasteiger partial charge in [-0.15, -0.1) is 11.8 Å². The fourth-order valence-corrected chi connectivity index (χ4v) is 8.31. The third-order valence-corrected chi connectivity index (χ3v) is 9.44. The molecule has 5 aliphatic rings. The molecule has 6 rings (SSSR count). The minimum absolute atomic E-state index is 0.0711. The van der Waals surface area contributed by atoms with Gasteiger partial charge in [0.2, 0.25) is 11.7 Å². The first-order valence-electron chi connectivity index (χ1n) is 12.7. The number of carbonyl (C=O) groups excluding carboxylic acids is 2. The number of carbonyl (C=O) groups is 2. The van der Waals surface area contributed by atoms with Crippen LogP contribution in [0.25, 0.3) is 0 Å². The molecule has 2 atom stereocenters. The van der Waals surface area contributed by atoms with E-state index in [9.17, 15) is 14.7 Å². The lowest BCUT2D eigenvalue weighted by Gasteiger charge is -2.58. The van der Waals surface area contributed by atoms with Gasteiger partial charge < -0.3 is 25.0 Å². The number of nitrogens with one attached hydrogen (secondary N) is 2.